The molecule has 8 heteroatoms. The lowest BCUT2D eigenvalue weighted by molar-refractivity contribution is -0.384. The highest BCUT2D eigenvalue weighted by molar-refractivity contribution is 5.91. The molecule has 3 aromatic carbocycles. The normalized spacial score (nSPS) is 15.7. The van der Waals surface area contributed by atoms with Crippen LogP contribution in [0.3, 0.4) is 0 Å². The molecule has 6 rings (SSSR count). The van der Waals surface area contributed by atoms with Gasteiger partial charge in [-0.15, -0.1) is 0 Å². The van der Waals surface area contributed by atoms with Crippen molar-refractivity contribution in [2.75, 3.05) is 6.54 Å². The van der Waals surface area contributed by atoms with Gasteiger partial charge in [0.1, 0.15) is 5.76 Å². The van der Waals surface area contributed by atoms with E-state index in [2.05, 4.69) is 39.2 Å². The van der Waals surface area contributed by atoms with Crippen molar-refractivity contribution in [2.24, 2.45) is 0 Å². The fraction of sp³-hybridized carbons (Fsp3) is 0.182. The van der Waals surface area contributed by atoms with Gasteiger partial charge in [0.2, 0.25) is 0 Å². The first kappa shape index (κ1) is 26.3. The number of rotatable bonds is 9. The number of carbonyl (C=O) groups excluding carboxylic acids is 1. The Morgan fingerprint density at radius 1 is 0.902 bits per heavy atom. The van der Waals surface area contributed by atoms with E-state index in [1.54, 1.807) is 18.2 Å². The highest BCUT2D eigenvalue weighted by Gasteiger charge is 2.30. The molecule has 1 aliphatic heterocycles. The minimum Gasteiger partial charge on any atom is -0.455 e. The Morgan fingerprint density at radius 2 is 1.63 bits per heavy atom. The monoisotopic (exact) mass is 546 g/mol. The first-order valence-corrected chi connectivity index (χ1v) is 13.7. The number of nitrogens with zero attached hydrogens (tertiary/aromatic N) is 3. The predicted octanol–water partition coefficient (Wildman–Crippen LogP) is 6.31. The predicted molar refractivity (Wildman–Crippen MR) is 155 cm³/mol. The van der Waals surface area contributed by atoms with Crippen LogP contribution in [-0.4, -0.2) is 26.8 Å². The molecule has 3 heterocycles. The second-order valence-electron chi connectivity index (χ2n) is 10.2. The number of hydrogen-bond acceptors (Lipinski definition) is 5. The van der Waals surface area contributed by atoms with Crippen LogP contribution in [0, 0.1) is 10.1 Å². The molecule has 0 aliphatic carbocycles. The second-order valence-corrected chi connectivity index (χ2v) is 10.2. The Balaban J connectivity index is 1.20. The van der Waals surface area contributed by atoms with Crippen molar-refractivity contribution in [1.29, 1.82) is 0 Å². The van der Waals surface area contributed by atoms with Gasteiger partial charge in [0.15, 0.2) is 5.76 Å². The average Bonchev–Trinajstić information content (AvgIpc) is 3.68. The van der Waals surface area contributed by atoms with Crippen molar-refractivity contribution in [3.63, 3.8) is 0 Å². The number of nitro benzene ring substituents is 1. The molecule has 1 amide bonds. The zero-order valence-corrected chi connectivity index (χ0v) is 22.4. The summed E-state index contributed by atoms with van der Waals surface area (Å²) in [6.07, 6.45) is 2.72. The first-order chi connectivity index (χ1) is 20.0. The van der Waals surface area contributed by atoms with E-state index in [0.29, 0.717) is 18.7 Å². The molecular weight excluding hydrogens is 516 g/mol. The zero-order valence-electron chi connectivity index (χ0n) is 22.4. The molecule has 0 bridgehead atoms. The van der Waals surface area contributed by atoms with Crippen molar-refractivity contribution in [2.45, 2.75) is 31.6 Å². The van der Waals surface area contributed by atoms with Crippen LogP contribution in [0.1, 0.15) is 50.8 Å². The second kappa shape index (κ2) is 11.7. The number of amides is 1. The van der Waals surface area contributed by atoms with Crippen molar-refractivity contribution in [1.82, 2.24) is 14.8 Å². The lowest BCUT2D eigenvalue weighted by atomic mass is 9.99. The number of aromatic nitrogens is 1. The highest BCUT2D eigenvalue weighted by atomic mass is 16.6. The lowest BCUT2D eigenvalue weighted by Crippen LogP contribution is -2.37. The van der Waals surface area contributed by atoms with Gasteiger partial charge in [0.25, 0.3) is 11.6 Å². The molecule has 5 aromatic rings. The third kappa shape index (κ3) is 5.83. The van der Waals surface area contributed by atoms with Crippen LogP contribution in [-0.2, 0) is 19.5 Å². The molecule has 41 heavy (non-hydrogen) atoms. The van der Waals surface area contributed by atoms with E-state index >= 15 is 0 Å². The SMILES string of the molecule is O=C(NC(Cc1ccccc1)c1ccccc1)c1ccc(CN2CCn3cccc3C2c2ccc([N+](=O)[O-])cc2)o1. The van der Waals surface area contributed by atoms with Gasteiger partial charge in [-0.1, -0.05) is 72.8 Å². The van der Waals surface area contributed by atoms with Gasteiger partial charge < -0.3 is 14.3 Å². The molecular formula is C33H30N4O4. The van der Waals surface area contributed by atoms with Crippen LogP contribution < -0.4 is 5.32 Å². The van der Waals surface area contributed by atoms with Gasteiger partial charge in [-0.05, 0) is 47.4 Å². The number of nitro groups is 1. The Labute approximate surface area is 238 Å². The number of hydrogen-bond donors (Lipinski definition) is 1. The Bertz CT molecular complexity index is 1630. The van der Waals surface area contributed by atoms with Gasteiger partial charge in [0, 0.05) is 37.1 Å². The molecule has 0 fully saturated rings. The van der Waals surface area contributed by atoms with Crippen molar-refractivity contribution in [3.05, 3.63) is 159 Å². The first-order valence-electron chi connectivity index (χ1n) is 13.7. The molecule has 1 N–H and O–H groups in total. The Hall–Kier alpha value is -4.95. The van der Waals surface area contributed by atoms with Gasteiger partial charge in [-0.25, -0.2) is 0 Å². The number of carbonyl (C=O) groups is 1. The molecule has 2 unspecified atom stereocenters. The summed E-state index contributed by atoms with van der Waals surface area (Å²) >= 11 is 0. The van der Waals surface area contributed by atoms with E-state index in [9.17, 15) is 14.9 Å². The van der Waals surface area contributed by atoms with Gasteiger partial charge in [0.05, 0.1) is 23.6 Å². The lowest BCUT2D eigenvalue weighted by Gasteiger charge is -2.36. The summed E-state index contributed by atoms with van der Waals surface area (Å²) in [5.74, 6) is 0.683. The average molecular weight is 547 g/mol. The molecule has 206 valence electrons. The van der Waals surface area contributed by atoms with Gasteiger partial charge in [-0.2, -0.15) is 0 Å². The minimum absolute atomic E-state index is 0.0641. The third-order valence-electron chi connectivity index (χ3n) is 7.59. The highest BCUT2D eigenvalue weighted by Crippen LogP contribution is 2.34. The summed E-state index contributed by atoms with van der Waals surface area (Å²) in [4.78, 5) is 26.4. The summed E-state index contributed by atoms with van der Waals surface area (Å²) in [6.45, 7) is 2.07. The summed E-state index contributed by atoms with van der Waals surface area (Å²) in [6, 6.07) is 34.1. The van der Waals surface area contributed by atoms with Crippen molar-refractivity contribution < 1.29 is 14.1 Å². The molecule has 2 atom stereocenters. The minimum atomic E-state index is -0.386. The largest absolute Gasteiger partial charge is 0.455 e. The Morgan fingerprint density at radius 3 is 2.37 bits per heavy atom. The topological polar surface area (TPSA) is 93.5 Å². The van der Waals surface area contributed by atoms with Crippen LogP contribution in [0.15, 0.2) is 120 Å². The maximum absolute atomic E-state index is 13.3. The van der Waals surface area contributed by atoms with Crippen LogP contribution >= 0.6 is 0 Å². The molecule has 8 nitrogen and oxygen atoms in total. The third-order valence-corrected chi connectivity index (χ3v) is 7.59. The summed E-state index contributed by atoms with van der Waals surface area (Å²) < 4.78 is 8.30. The van der Waals surface area contributed by atoms with E-state index in [-0.39, 0.29) is 34.4 Å². The fourth-order valence-corrected chi connectivity index (χ4v) is 5.56. The van der Waals surface area contributed by atoms with Crippen LogP contribution in [0.25, 0.3) is 0 Å². The van der Waals surface area contributed by atoms with Crippen molar-refractivity contribution >= 4 is 11.6 Å². The van der Waals surface area contributed by atoms with Gasteiger partial charge in [-0.3, -0.25) is 19.8 Å². The van der Waals surface area contributed by atoms with E-state index in [1.807, 2.05) is 72.8 Å². The smallest absolute Gasteiger partial charge is 0.287 e. The molecule has 0 saturated heterocycles. The van der Waals surface area contributed by atoms with E-state index in [4.69, 9.17) is 4.42 Å². The Kier molecular flexibility index (Phi) is 7.47. The standard InChI is InChI=1S/C33H30N4O4/c38-33(34-29(25-10-5-2-6-11-25)22-24-8-3-1-4-9-24)31-18-17-28(41-31)23-36-21-20-35-19-7-12-30(35)32(36)26-13-15-27(16-14-26)37(39)40/h1-19,29,32H,20-23H2,(H,34,38). The fourth-order valence-electron chi connectivity index (χ4n) is 5.56. The summed E-state index contributed by atoms with van der Waals surface area (Å²) in [5.41, 5.74) is 4.30. The molecule has 2 aromatic heterocycles. The van der Waals surface area contributed by atoms with Crippen LogP contribution in [0.2, 0.25) is 0 Å². The number of non-ortho nitro benzene ring substituents is 1. The van der Waals surface area contributed by atoms with Crippen LogP contribution in [0.5, 0.6) is 0 Å². The van der Waals surface area contributed by atoms with Crippen LogP contribution in [0.4, 0.5) is 5.69 Å². The number of fused-ring (bicyclic) bond motifs is 1. The van der Waals surface area contributed by atoms with Crippen molar-refractivity contribution in [3.8, 4) is 0 Å². The quantitative estimate of drug-likeness (QED) is 0.173. The van der Waals surface area contributed by atoms with E-state index in [0.717, 1.165) is 35.5 Å². The molecule has 0 saturated carbocycles. The zero-order chi connectivity index (χ0) is 28.2. The number of furan rings is 1. The number of benzene rings is 3. The molecule has 0 radical (unpaired) electrons. The number of nitrogens with one attached hydrogen (secondary N) is 1. The van der Waals surface area contributed by atoms with E-state index in [1.165, 1.54) is 0 Å². The molecule has 1 aliphatic rings. The van der Waals surface area contributed by atoms with E-state index < -0.39 is 0 Å². The molecule has 0 spiro atoms. The maximum Gasteiger partial charge on any atom is 0.287 e. The summed E-state index contributed by atoms with van der Waals surface area (Å²) in [5, 5.41) is 14.4. The van der Waals surface area contributed by atoms with Gasteiger partial charge >= 0.3 is 0 Å². The summed E-state index contributed by atoms with van der Waals surface area (Å²) in [7, 11) is 0. The maximum atomic E-state index is 13.3.